The molecule has 3 heterocycles. The average Bonchev–Trinajstić information content (AvgIpc) is 3.48. The SMILES string of the molecule is COCCN1C(=O)c2ccccc2N2C(=O)CCC12C(=O)OCc1noc(-c2ccccc2Cl)n1. The van der Waals surface area contributed by atoms with Crippen molar-refractivity contribution in [2.24, 2.45) is 0 Å². The minimum Gasteiger partial charge on any atom is -0.454 e. The molecule has 0 radical (unpaired) electrons. The predicted octanol–water partition coefficient (Wildman–Crippen LogP) is 3.06. The molecule has 0 saturated carbocycles. The van der Waals surface area contributed by atoms with Gasteiger partial charge in [0.15, 0.2) is 6.61 Å². The van der Waals surface area contributed by atoms with Crippen molar-refractivity contribution in [1.82, 2.24) is 15.0 Å². The Hall–Kier alpha value is -3.76. The average molecular weight is 497 g/mol. The second-order valence-corrected chi connectivity index (χ2v) is 8.49. The molecule has 2 aliphatic rings. The van der Waals surface area contributed by atoms with Crippen LogP contribution in [0.25, 0.3) is 11.5 Å². The molecule has 0 aliphatic carbocycles. The summed E-state index contributed by atoms with van der Waals surface area (Å²) in [5.41, 5.74) is -0.363. The lowest BCUT2D eigenvalue weighted by atomic mass is 9.96. The van der Waals surface area contributed by atoms with Gasteiger partial charge in [0.2, 0.25) is 17.4 Å². The van der Waals surface area contributed by atoms with E-state index in [4.69, 9.17) is 25.6 Å². The molecule has 1 unspecified atom stereocenters. The van der Waals surface area contributed by atoms with E-state index in [0.717, 1.165) is 0 Å². The van der Waals surface area contributed by atoms with Crippen LogP contribution in [0.2, 0.25) is 5.02 Å². The number of carbonyl (C=O) groups is 3. The number of rotatable bonds is 7. The van der Waals surface area contributed by atoms with Gasteiger partial charge in [-0.3, -0.25) is 14.5 Å². The maximum absolute atomic E-state index is 13.6. The molecule has 1 fully saturated rings. The molecule has 1 aromatic heterocycles. The Morgan fingerprint density at radius 2 is 1.89 bits per heavy atom. The van der Waals surface area contributed by atoms with Crippen LogP contribution in [0.1, 0.15) is 29.0 Å². The molecule has 180 valence electrons. The number of nitrogens with zero attached hydrogens (tertiary/aromatic N) is 4. The van der Waals surface area contributed by atoms with Gasteiger partial charge < -0.3 is 18.9 Å². The molecule has 11 heteroatoms. The maximum Gasteiger partial charge on any atom is 0.354 e. The number of methoxy groups -OCH3 is 1. The maximum atomic E-state index is 13.6. The molecule has 3 aromatic rings. The molecule has 2 amide bonds. The van der Waals surface area contributed by atoms with Gasteiger partial charge in [-0.2, -0.15) is 4.98 Å². The molecule has 5 rings (SSSR count). The number of aromatic nitrogens is 2. The molecule has 0 N–H and O–H groups in total. The minimum absolute atomic E-state index is 0.0824. The van der Waals surface area contributed by atoms with Gasteiger partial charge in [0, 0.05) is 26.5 Å². The quantitative estimate of drug-likeness (QED) is 0.458. The summed E-state index contributed by atoms with van der Waals surface area (Å²) in [7, 11) is 1.50. The first kappa shape index (κ1) is 23.0. The van der Waals surface area contributed by atoms with E-state index >= 15 is 0 Å². The van der Waals surface area contributed by atoms with Crippen LogP contribution in [-0.2, 0) is 25.7 Å². The van der Waals surface area contributed by atoms with Crippen molar-refractivity contribution < 1.29 is 28.4 Å². The van der Waals surface area contributed by atoms with Crippen molar-refractivity contribution in [2.45, 2.75) is 25.1 Å². The fourth-order valence-corrected chi connectivity index (χ4v) is 4.75. The third-order valence-corrected chi connectivity index (χ3v) is 6.45. The van der Waals surface area contributed by atoms with Crippen LogP contribution in [0.15, 0.2) is 53.1 Å². The number of anilines is 1. The Bertz CT molecular complexity index is 1310. The topological polar surface area (TPSA) is 115 Å². The lowest BCUT2D eigenvalue weighted by Crippen LogP contribution is -2.68. The van der Waals surface area contributed by atoms with Gasteiger partial charge in [-0.1, -0.05) is 41.0 Å². The standard InChI is InChI=1S/C24H21ClN4O6/c1-33-13-12-28-22(31)16-7-3-5-9-18(16)29-20(30)10-11-24(28,29)23(32)34-14-19-26-21(35-27-19)15-6-2-4-8-17(15)25/h2-9H,10-14H2,1H3. The van der Waals surface area contributed by atoms with Crippen LogP contribution in [0, 0.1) is 0 Å². The van der Waals surface area contributed by atoms with Crippen LogP contribution >= 0.6 is 11.6 Å². The number of esters is 1. The van der Waals surface area contributed by atoms with Crippen LogP contribution in [0.4, 0.5) is 5.69 Å². The normalized spacial score (nSPS) is 19.0. The summed E-state index contributed by atoms with van der Waals surface area (Å²) in [6.45, 7) is -0.0388. The lowest BCUT2D eigenvalue weighted by Gasteiger charge is -2.48. The number of carbonyl (C=O) groups excluding carboxylic acids is 3. The lowest BCUT2D eigenvalue weighted by molar-refractivity contribution is -0.159. The second kappa shape index (κ2) is 9.12. The highest BCUT2D eigenvalue weighted by molar-refractivity contribution is 6.33. The summed E-state index contributed by atoms with van der Waals surface area (Å²) < 4.78 is 16.0. The molecule has 10 nitrogen and oxygen atoms in total. The number of amides is 2. The Morgan fingerprint density at radius 3 is 2.66 bits per heavy atom. The summed E-state index contributed by atoms with van der Waals surface area (Å²) in [5, 5.41) is 4.30. The van der Waals surface area contributed by atoms with E-state index in [0.29, 0.717) is 21.8 Å². The van der Waals surface area contributed by atoms with Gasteiger partial charge in [-0.25, -0.2) is 4.79 Å². The van der Waals surface area contributed by atoms with Crippen LogP contribution in [-0.4, -0.2) is 58.7 Å². The summed E-state index contributed by atoms with van der Waals surface area (Å²) >= 11 is 6.19. The van der Waals surface area contributed by atoms with E-state index in [1.165, 1.54) is 16.9 Å². The monoisotopic (exact) mass is 496 g/mol. The van der Waals surface area contributed by atoms with Crippen LogP contribution in [0.3, 0.4) is 0 Å². The fourth-order valence-electron chi connectivity index (χ4n) is 4.54. The van der Waals surface area contributed by atoms with Gasteiger partial charge in [0.25, 0.3) is 11.8 Å². The van der Waals surface area contributed by atoms with Crippen molar-refractivity contribution in [1.29, 1.82) is 0 Å². The number of fused-ring (bicyclic) bond motifs is 3. The largest absolute Gasteiger partial charge is 0.454 e. The highest BCUT2D eigenvalue weighted by Gasteiger charge is 2.61. The van der Waals surface area contributed by atoms with E-state index in [1.807, 2.05) is 0 Å². The summed E-state index contributed by atoms with van der Waals surface area (Å²) in [5.74, 6) is -1.11. The predicted molar refractivity (Wildman–Crippen MR) is 123 cm³/mol. The Balaban J connectivity index is 1.45. The molecule has 0 bridgehead atoms. The van der Waals surface area contributed by atoms with Crippen molar-refractivity contribution in [3.63, 3.8) is 0 Å². The first-order valence-electron chi connectivity index (χ1n) is 10.9. The number of para-hydroxylation sites is 1. The number of ether oxygens (including phenoxy) is 2. The zero-order chi connectivity index (χ0) is 24.6. The minimum atomic E-state index is -1.63. The Labute approximate surface area is 205 Å². The molecular formula is C24H21ClN4O6. The summed E-state index contributed by atoms with van der Waals surface area (Å²) in [6, 6.07) is 13.7. The van der Waals surface area contributed by atoms with E-state index in [2.05, 4.69) is 10.1 Å². The van der Waals surface area contributed by atoms with Crippen molar-refractivity contribution in [2.75, 3.05) is 25.2 Å². The number of halogens is 1. The first-order valence-corrected chi connectivity index (χ1v) is 11.3. The molecule has 0 spiro atoms. The zero-order valence-electron chi connectivity index (χ0n) is 18.8. The van der Waals surface area contributed by atoms with Gasteiger partial charge >= 0.3 is 5.97 Å². The van der Waals surface area contributed by atoms with Crippen molar-refractivity contribution >= 4 is 35.1 Å². The first-order chi connectivity index (χ1) is 17.0. The summed E-state index contributed by atoms with van der Waals surface area (Å²) in [4.78, 5) is 47.0. The van der Waals surface area contributed by atoms with Crippen LogP contribution < -0.4 is 4.90 Å². The number of hydrogen-bond donors (Lipinski definition) is 0. The Kier molecular flexibility index (Phi) is 6.00. The van der Waals surface area contributed by atoms with Gasteiger partial charge in [0.05, 0.1) is 28.4 Å². The highest BCUT2D eigenvalue weighted by Crippen LogP contribution is 2.45. The highest BCUT2D eigenvalue weighted by atomic mass is 35.5. The molecule has 35 heavy (non-hydrogen) atoms. The molecular weight excluding hydrogens is 476 g/mol. The molecule has 1 saturated heterocycles. The second-order valence-electron chi connectivity index (χ2n) is 8.08. The van der Waals surface area contributed by atoms with Gasteiger partial charge in [-0.05, 0) is 24.3 Å². The van der Waals surface area contributed by atoms with E-state index < -0.39 is 11.6 Å². The number of hydrogen-bond acceptors (Lipinski definition) is 8. The number of benzene rings is 2. The van der Waals surface area contributed by atoms with Crippen LogP contribution in [0.5, 0.6) is 0 Å². The van der Waals surface area contributed by atoms with E-state index in [-0.39, 0.29) is 56.1 Å². The fraction of sp³-hybridized carbons (Fsp3) is 0.292. The smallest absolute Gasteiger partial charge is 0.354 e. The third-order valence-electron chi connectivity index (χ3n) is 6.12. The van der Waals surface area contributed by atoms with Gasteiger partial charge in [-0.15, -0.1) is 0 Å². The molecule has 2 aromatic carbocycles. The van der Waals surface area contributed by atoms with E-state index in [1.54, 1.807) is 48.5 Å². The van der Waals surface area contributed by atoms with Gasteiger partial charge in [0.1, 0.15) is 0 Å². The van der Waals surface area contributed by atoms with E-state index in [9.17, 15) is 14.4 Å². The molecule has 2 aliphatic heterocycles. The molecule has 1 atom stereocenters. The third kappa shape index (κ3) is 3.75. The van der Waals surface area contributed by atoms with Crippen molar-refractivity contribution in [3.05, 3.63) is 64.9 Å². The van der Waals surface area contributed by atoms with Crippen molar-refractivity contribution in [3.8, 4) is 11.5 Å². The zero-order valence-corrected chi connectivity index (χ0v) is 19.5. The summed E-state index contributed by atoms with van der Waals surface area (Å²) in [6.07, 6.45) is 0.171. The Morgan fingerprint density at radius 1 is 1.14 bits per heavy atom.